The van der Waals surface area contributed by atoms with Crippen LogP contribution in [0.2, 0.25) is 0 Å². The first-order valence-corrected chi connectivity index (χ1v) is 7.08. The summed E-state index contributed by atoms with van der Waals surface area (Å²) in [4.78, 5) is 0. The van der Waals surface area contributed by atoms with Gasteiger partial charge in [0, 0.05) is 12.0 Å². The molecular weight excluding hydrogens is 204 g/mol. The van der Waals surface area contributed by atoms with E-state index in [2.05, 4.69) is 26.5 Å². The van der Waals surface area contributed by atoms with Gasteiger partial charge in [-0.25, -0.2) is 0 Å². The fraction of sp³-hybridized carbons (Fsp3) is 1.00. The van der Waals surface area contributed by atoms with Crippen molar-refractivity contribution in [3.05, 3.63) is 0 Å². The molecule has 0 aromatic rings. The molecule has 15 heavy (non-hydrogen) atoms. The topological polar surface area (TPSA) is 9.23 Å². The van der Waals surface area contributed by atoms with Crippen molar-refractivity contribution in [2.75, 3.05) is 19.0 Å². The number of ether oxygens (including phenoxy) is 1. The molecule has 1 saturated carbocycles. The number of thiol groups is 1. The number of hydrogen-bond acceptors (Lipinski definition) is 2. The minimum absolute atomic E-state index is 0.321. The molecule has 1 rings (SSSR count). The highest BCUT2D eigenvalue weighted by Gasteiger charge is 2.25. The van der Waals surface area contributed by atoms with E-state index >= 15 is 0 Å². The first-order chi connectivity index (χ1) is 7.26. The summed E-state index contributed by atoms with van der Waals surface area (Å²) in [5, 5.41) is 0. The lowest BCUT2D eigenvalue weighted by molar-refractivity contribution is 0.0321. The van der Waals surface area contributed by atoms with E-state index < -0.39 is 0 Å². The minimum Gasteiger partial charge on any atom is -0.381 e. The van der Waals surface area contributed by atoms with Crippen LogP contribution in [-0.2, 0) is 4.74 Å². The van der Waals surface area contributed by atoms with Gasteiger partial charge in [-0.1, -0.05) is 26.7 Å². The molecule has 1 fully saturated rings. The van der Waals surface area contributed by atoms with Crippen molar-refractivity contribution in [1.82, 2.24) is 0 Å². The third-order valence-corrected chi connectivity index (χ3v) is 4.74. The van der Waals surface area contributed by atoms with Crippen molar-refractivity contribution in [3.63, 3.8) is 0 Å². The Morgan fingerprint density at radius 1 is 1.20 bits per heavy atom. The number of rotatable bonds is 7. The Morgan fingerprint density at radius 3 is 2.27 bits per heavy atom. The Labute approximate surface area is 100 Å². The van der Waals surface area contributed by atoms with E-state index in [1.54, 1.807) is 0 Å². The van der Waals surface area contributed by atoms with Crippen molar-refractivity contribution in [2.24, 2.45) is 11.3 Å². The smallest absolute Gasteiger partial charge is 0.0530 e. The molecule has 0 aromatic heterocycles. The van der Waals surface area contributed by atoms with Gasteiger partial charge in [0.25, 0.3) is 0 Å². The van der Waals surface area contributed by atoms with Gasteiger partial charge in [0.1, 0.15) is 0 Å². The van der Waals surface area contributed by atoms with Crippen LogP contribution < -0.4 is 0 Å². The zero-order valence-electron chi connectivity index (χ0n) is 10.3. The first kappa shape index (κ1) is 13.4. The summed E-state index contributed by atoms with van der Waals surface area (Å²) in [5.41, 5.74) is 0.321. The van der Waals surface area contributed by atoms with Gasteiger partial charge in [0.15, 0.2) is 0 Å². The highest BCUT2D eigenvalue weighted by atomic mass is 32.1. The maximum Gasteiger partial charge on any atom is 0.0530 e. The third-order valence-electron chi connectivity index (χ3n) is 4.07. The van der Waals surface area contributed by atoms with Gasteiger partial charge in [0.05, 0.1) is 6.61 Å². The van der Waals surface area contributed by atoms with Gasteiger partial charge in [-0.2, -0.15) is 12.6 Å². The molecule has 0 spiro atoms. The van der Waals surface area contributed by atoms with Crippen LogP contribution in [0.5, 0.6) is 0 Å². The maximum absolute atomic E-state index is 5.91. The quantitative estimate of drug-likeness (QED) is 0.652. The predicted molar refractivity (Wildman–Crippen MR) is 69.6 cm³/mol. The molecule has 0 bridgehead atoms. The van der Waals surface area contributed by atoms with E-state index in [1.807, 2.05) is 0 Å². The van der Waals surface area contributed by atoms with Crippen molar-refractivity contribution in [2.45, 2.75) is 52.4 Å². The zero-order chi connectivity index (χ0) is 11.1. The molecule has 1 aliphatic rings. The Balaban J connectivity index is 2.21. The Kier molecular flexibility index (Phi) is 6.06. The van der Waals surface area contributed by atoms with Gasteiger partial charge in [-0.15, -0.1) is 0 Å². The van der Waals surface area contributed by atoms with Crippen LogP contribution in [0.4, 0.5) is 0 Å². The van der Waals surface area contributed by atoms with Crippen molar-refractivity contribution in [3.8, 4) is 0 Å². The summed E-state index contributed by atoms with van der Waals surface area (Å²) < 4.78 is 5.91. The fourth-order valence-corrected chi connectivity index (χ4v) is 2.88. The van der Waals surface area contributed by atoms with E-state index in [0.717, 1.165) is 24.9 Å². The molecule has 0 unspecified atom stereocenters. The Morgan fingerprint density at radius 2 is 1.80 bits per heavy atom. The zero-order valence-corrected chi connectivity index (χ0v) is 11.2. The third kappa shape index (κ3) is 3.99. The summed E-state index contributed by atoms with van der Waals surface area (Å²) in [6, 6.07) is 0. The second kappa shape index (κ2) is 6.80. The van der Waals surface area contributed by atoms with Crippen LogP contribution in [0.15, 0.2) is 0 Å². The standard InChI is InChI=1S/C13H26OS/c1-3-13(4-2,11-15)10-14-9-12-7-5-6-8-12/h12,15H,3-11H2,1-2H3. The highest BCUT2D eigenvalue weighted by molar-refractivity contribution is 7.80. The van der Waals surface area contributed by atoms with Crippen LogP contribution in [0.25, 0.3) is 0 Å². The average Bonchev–Trinajstić information content (AvgIpc) is 2.78. The lowest BCUT2D eigenvalue weighted by atomic mass is 9.85. The molecule has 0 aliphatic heterocycles. The molecule has 90 valence electrons. The molecular formula is C13H26OS. The van der Waals surface area contributed by atoms with Crippen molar-refractivity contribution < 1.29 is 4.74 Å². The number of hydrogen-bond donors (Lipinski definition) is 1. The molecule has 0 saturated heterocycles. The van der Waals surface area contributed by atoms with E-state index in [-0.39, 0.29) is 0 Å². The normalized spacial score (nSPS) is 18.6. The Hall–Kier alpha value is 0.310. The maximum atomic E-state index is 5.91. The van der Waals surface area contributed by atoms with Gasteiger partial charge in [-0.3, -0.25) is 0 Å². The van der Waals surface area contributed by atoms with Gasteiger partial charge in [-0.05, 0) is 37.4 Å². The van der Waals surface area contributed by atoms with E-state index in [0.29, 0.717) is 5.41 Å². The van der Waals surface area contributed by atoms with Gasteiger partial charge < -0.3 is 4.74 Å². The molecule has 0 N–H and O–H groups in total. The van der Waals surface area contributed by atoms with Crippen LogP contribution in [0, 0.1) is 11.3 Å². The van der Waals surface area contributed by atoms with Crippen molar-refractivity contribution >= 4 is 12.6 Å². The molecule has 1 nitrogen and oxygen atoms in total. The lowest BCUT2D eigenvalue weighted by Crippen LogP contribution is -2.28. The van der Waals surface area contributed by atoms with Crippen LogP contribution in [-0.4, -0.2) is 19.0 Å². The van der Waals surface area contributed by atoms with E-state index in [9.17, 15) is 0 Å². The lowest BCUT2D eigenvalue weighted by Gasteiger charge is -2.30. The average molecular weight is 230 g/mol. The van der Waals surface area contributed by atoms with Gasteiger partial charge in [0.2, 0.25) is 0 Å². The molecule has 0 amide bonds. The van der Waals surface area contributed by atoms with E-state index in [4.69, 9.17) is 4.74 Å². The van der Waals surface area contributed by atoms with Gasteiger partial charge >= 0.3 is 0 Å². The molecule has 0 heterocycles. The van der Waals surface area contributed by atoms with Crippen LogP contribution in [0.3, 0.4) is 0 Å². The highest BCUT2D eigenvalue weighted by Crippen LogP contribution is 2.30. The summed E-state index contributed by atoms with van der Waals surface area (Å²) in [6.45, 7) is 6.38. The summed E-state index contributed by atoms with van der Waals surface area (Å²) >= 11 is 4.46. The second-order valence-electron chi connectivity index (χ2n) is 5.03. The summed E-state index contributed by atoms with van der Waals surface area (Å²) in [6.07, 6.45) is 7.94. The molecule has 0 atom stereocenters. The van der Waals surface area contributed by atoms with E-state index in [1.165, 1.54) is 38.5 Å². The second-order valence-corrected chi connectivity index (χ2v) is 5.35. The molecule has 0 aromatic carbocycles. The molecule has 1 aliphatic carbocycles. The Bertz CT molecular complexity index is 152. The minimum atomic E-state index is 0.321. The molecule has 2 heteroatoms. The fourth-order valence-electron chi connectivity index (χ4n) is 2.34. The summed E-state index contributed by atoms with van der Waals surface area (Å²) in [5.74, 6) is 1.79. The van der Waals surface area contributed by atoms with Crippen LogP contribution in [0.1, 0.15) is 52.4 Å². The van der Waals surface area contributed by atoms with Crippen molar-refractivity contribution in [1.29, 1.82) is 0 Å². The molecule has 0 radical (unpaired) electrons. The first-order valence-electron chi connectivity index (χ1n) is 6.45. The largest absolute Gasteiger partial charge is 0.381 e. The SMILES string of the molecule is CCC(CC)(CS)COCC1CCCC1. The predicted octanol–water partition coefficient (Wildman–Crippen LogP) is 3.93. The summed E-state index contributed by atoms with van der Waals surface area (Å²) in [7, 11) is 0. The monoisotopic (exact) mass is 230 g/mol. The van der Waals surface area contributed by atoms with Crippen LogP contribution >= 0.6 is 12.6 Å².